The zero-order valence-electron chi connectivity index (χ0n) is 15.4. The molecule has 3 rings (SSSR count). The van der Waals surface area contributed by atoms with Gasteiger partial charge in [0.25, 0.3) is 0 Å². The van der Waals surface area contributed by atoms with Gasteiger partial charge in [0.1, 0.15) is 5.72 Å². The molecule has 0 radical (unpaired) electrons. The fraction of sp³-hybridized carbons (Fsp3) is 0.500. The first-order chi connectivity index (χ1) is 12.4. The molecule has 2 aliphatic heterocycles. The van der Waals surface area contributed by atoms with Crippen LogP contribution < -0.4 is 0 Å². The molecule has 2 fully saturated rings. The largest absolute Gasteiger partial charge is 0.480 e. The van der Waals surface area contributed by atoms with Crippen LogP contribution in [0.3, 0.4) is 0 Å². The van der Waals surface area contributed by atoms with Gasteiger partial charge in [-0.15, -0.1) is 0 Å². The van der Waals surface area contributed by atoms with Crippen LogP contribution in [0.25, 0.3) is 0 Å². The molecule has 0 bridgehead atoms. The molecular formula is C20H26N2O4. The van der Waals surface area contributed by atoms with Crippen molar-refractivity contribution in [3.63, 3.8) is 0 Å². The quantitative estimate of drug-likeness (QED) is 0.836. The number of rotatable bonds is 4. The van der Waals surface area contributed by atoms with Gasteiger partial charge in [0.2, 0.25) is 5.91 Å². The van der Waals surface area contributed by atoms with Gasteiger partial charge >= 0.3 is 5.97 Å². The van der Waals surface area contributed by atoms with Crippen molar-refractivity contribution in [3.05, 3.63) is 47.5 Å². The molecule has 1 atom stereocenters. The second kappa shape index (κ2) is 7.60. The molecule has 1 N–H and O–H groups in total. The highest BCUT2D eigenvalue weighted by Crippen LogP contribution is 2.38. The smallest absolute Gasteiger partial charge is 0.328 e. The Bertz CT molecular complexity index is 689. The Labute approximate surface area is 154 Å². The first-order valence-electron chi connectivity index (χ1n) is 9.02. The monoisotopic (exact) mass is 358 g/mol. The first kappa shape index (κ1) is 18.6. The summed E-state index contributed by atoms with van der Waals surface area (Å²) in [6.45, 7) is 6.09. The number of carboxylic acids is 1. The molecule has 0 aromatic heterocycles. The van der Waals surface area contributed by atoms with Gasteiger partial charge in [0.05, 0.1) is 6.61 Å². The van der Waals surface area contributed by atoms with Crippen molar-refractivity contribution < 1.29 is 19.4 Å². The van der Waals surface area contributed by atoms with Crippen LogP contribution in [0.4, 0.5) is 0 Å². The lowest BCUT2D eigenvalue weighted by Gasteiger charge is -2.44. The van der Waals surface area contributed by atoms with Crippen molar-refractivity contribution >= 4 is 11.9 Å². The van der Waals surface area contributed by atoms with Crippen molar-refractivity contribution in [1.29, 1.82) is 0 Å². The van der Waals surface area contributed by atoms with Crippen molar-refractivity contribution in [1.82, 2.24) is 9.80 Å². The second-order valence-electron chi connectivity index (χ2n) is 7.30. The van der Waals surface area contributed by atoms with Gasteiger partial charge in [-0.25, -0.2) is 4.79 Å². The number of allylic oxidation sites excluding steroid dienone is 1. The highest BCUT2D eigenvalue weighted by Gasteiger charge is 2.53. The van der Waals surface area contributed by atoms with E-state index in [0.717, 1.165) is 25.2 Å². The molecule has 0 saturated carbocycles. The summed E-state index contributed by atoms with van der Waals surface area (Å²) >= 11 is 0. The molecule has 140 valence electrons. The number of hydrogen-bond acceptors (Lipinski definition) is 4. The van der Waals surface area contributed by atoms with E-state index in [1.54, 1.807) is 0 Å². The van der Waals surface area contributed by atoms with Crippen molar-refractivity contribution in [3.8, 4) is 0 Å². The lowest BCUT2D eigenvalue weighted by Crippen LogP contribution is -2.57. The van der Waals surface area contributed by atoms with Gasteiger partial charge in [0.15, 0.2) is 6.04 Å². The molecule has 1 aromatic rings. The number of likely N-dealkylation sites (tertiary alicyclic amines) is 1. The lowest BCUT2D eigenvalue weighted by molar-refractivity contribution is -0.162. The SMILES string of the molecule is CC(C)=CC(=O)N1C(C(=O)O)COC12CCN(Cc1ccccc1)CC2. The lowest BCUT2D eigenvalue weighted by atomic mass is 9.97. The summed E-state index contributed by atoms with van der Waals surface area (Å²) < 4.78 is 5.94. The third-order valence-electron chi connectivity index (χ3n) is 5.08. The van der Waals surface area contributed by atoms with E-state index < -0.39 is 17.7 Å². The number of carboxylic acid groups (broad SMARTS) is 1. The summed E-state index contributed by atoms with van der Waals surface area (Å²) in [5.74, 6) is -1.28. The Morgan fingerprint density at radius 2 is 1.88 bits per heavy atom. The molecule has 6 heteroatoms. The van der Waals surface area contributed by atoms with Crippen LogP contribution in [0.15, 0.2) is 42.0 Å². The minimum Gasteiger partial charge on any atom is -0.480 e. The number of hydrogen-bond donors (Lipinski definition) is 1. The molecular weight excluding hydrogens is 332 g/mol. The minimum atomic E-state index is -1.01. The predicted molar refractivity (Wildman–Crippen MR) is 97.3 cm³/mol. The molecule has 2 saturated heterocycles. The summed E-state index contributed by atoms with van der Waals surface area (Å²) in [5, 5.41) is 9.52. The normalized spacial score (nSPS) is 22.4. The van der Waals surface area contributed by atoms with E-state index in [-0.39, 0.29) is 12.5 Å². The van der Waals surface area contributed by atoms with E-state index >= 15 is 0 Å². The summed E-state index contributed by atoms with van der Waals surface area (Å²) in [5.41, 5.74) is 1.29. The number of carbonyl (C=O) groups excluding carboxylic acids is 1. The van der Waals surface area contributed by atoms with Gasteiger partial charge in [-0.3, -0.25) is 14.6 Å². The Balaban J connectivity index is 1.73. The molecule has 1 amide bonds. The molecule has 2 heterocycles. The van der Waals surface area contributed by atoms with E-state index in [0.29, 0.717) is 12.8 Å². The number of benzene rings is 1. The molecule has 1 spiro atoms. The van der Waals surface area contributed by atoms with Gasteiger partial charge in [-0.1, -0.05) is 35.9 Å². The molecule has 26 heavy (non-hydrogen) atoms. The summed E-state index contributed by atoms with van der Waals surface area (Å²) in [6.07, 6.45) is 2.74. The maximum Gasteiger partial charge on any atom is 0.328 e. The van der Waals surface area contributed by atoms with Crippen LogP contribution in [0, 0.1) is 0 Å². The highest BCUT2D eigenvalue weighted by molar-refractivity contribution is 5.92. The third kappa shape index (κ3) is 3.81. The molecule has 6 nitrogen and oxygen atoms in total. The van der Waals surface area contributed by atoms with Gasteiger partial charge < -0.3 is 9.84 Å². The number of piperidine rings is 1. The topological polar surface area (TPSA) is 70.1 Å². The Hall–Kier alpha value is -2.18. The van der Waals surface area contributed by atoms with Gasteiger partial charge in [0, 0.05) is 38.6 Å². The average Bonchev–Trinajstić information content (AvgIpc) is 2.97. The van der Waals surface area contributed by atoms with Crippen LogP contribution in [-0.4, -0.2) is 58.2 Å². The van der Waals surface area contributed by atoms with Crippen LogP contribution >= 0.6 is 0 Å². The third-order valence-corrected chi connectivity index (χ3v) is 5.08. The maximum absolute atomic E-state index is 12.7. The Morgan fingerprint density at radius 1 is 1.23 bits per heavy atom. The number of ether oxygens (including phenoxy) is 1. The standard InChI is InChI=1S/C20H26N2O4/c1-15(2)12-18(23)22-17(19(24)25)14-26-20(22)8-10-21(11-9-20)13-16-6-4-3-5-7-16/h3-7,12,17H,8-11,13-14H2,1-2H3,(H,24,25). The zero-order chi connectivity index (χ0) is 18.7. The van der Waals surface area contributed by atoms with Crippen LogP contribution in [-0.2, 0) is 20.9 Å². The molecule has 1 unspecified atom stereocenters. The number of carbonyl (C=O) groups is 2. The molecule has 2 aliphatic rings. The van der Waals surface area contributed by atoms with Crippen LogP contribution in [0.2, 0.25) is 0 Å². The zero-order valence-corrected chi connectivity index (χ0v) is 15.4. The van der Waals surface area contributed by atoms with Crippen molar-refractivity contribution in [2.75, 3.05) is 19.7 Å². The number of nitrogens with zero attached hydrogens (tertiary/aromatic N) is 2. The Morgan fingerprint density at radius 3 is 2.46 bits per heavy atom. The molecule has 0 aliphatic carbocycles. The second-order valence-corrected chi connectivity index (χ2v) is 7.30. The van der Waals surface area contributed by atoms with Gasteiger partial charge in [-0.2, -0.15) is 0 Å². The minimum absolute atomic E-state index is 0.0519. The number of aliphatic carboxylic acids is 1. The van der Waals surface area contributed by atoms with Gasteiger partial charge in [-0.05, 0) is 19.4 Å². The fourth-order valence-electron chi connectivity index (χ4n) is 3.80. The first-order valence-corrected chi connectivity index (χ1v) is 9.02. The molecule has 1 aromatic carbocycles. The highest BCUT2D eigenvalue weighted by atomic mass is 16.5. The van der Waals surface area contributed by atoms with Crippen LogP contribution in [0.1, 0.15) is 32.3 Å². The van der Waals surface area contributed by atoms with Crippen LogP contribution in [0.5, 0.6) is 0 Å². The van der Waals surface area contributed by atoms with E-state index in [4.69, 9.17) is 4.74 Å². The Kier molecular flexibility index (Phi) is 5.44. The van der Waals surface area contributed by atoms with E-state index in [9.17, 15) is 14.7 Å². The maximum atomic E-state index is 12.7. The summed E-state index contributed by atoms with van der Waals surface area (Å²) in [4.78, 5) is 28.1. The van der Waals surface area contributed by atoms with E-state index in [1.807, 2.05) is 32.0 Å². The summed E-state index contributed by atoms with van der Waals surface area (Å²) in [7, 11) is 0. The van der Waals surface area contributed by atoms with Crippen molar-refractivity contribution in [2.45, 2.75) is 45.0 Å². The van der Waals surface area contributed by atoms with Crippen molar-refractivity contribution in [2.24, 2.45) is 0 Å². The fourth-order valence-corrected chi connectivity index (χ4v) is 3.80. The predicted octanol–water partition coefficient (Wildman–Crippen LogP) is 2.26. The van der Waals surface area contributed by atoms with E-state index in [1.165, 1.54) is 16.5 Å². The van der Waals surface area contributed by atoms with E-state index in [2.05, 4.69) is 17.0 Å². The average molecular weight is 358 g/mol. The number of amides is 1. The summed E-state index contributed by atoms with van der Waals surface area (Å²) in [6, 6.07) is 9.33.